The number of nitro benzene ring substituents is 1. The molecule has 1 aromatic heterocycles. The normalized spacial score (nSPS) is 11.9. The van der Waals surface area contributed by atoms with Gasteiger partial charge in [0.2, 0.25) is 0 Å². The van der Waals surface area contributed by atoms with Gasteiger partial charge < -0.3 is 10.1 Å². The number of ether oxygens (including phenoxy) is 1. The Morgan fingerprint density at radius 2 is 2.10 bits per heavy atom. The van der Waals surface area contributed by atoms with Gasteiger partial charge in [-0.1, -0.05) is 0 Å². The van der Waals surface area contributed by atoms with Crippen molar-refractivity contribution >= 4 is 22.7 Å². The van der Waals surface area contributed by atoms with E-state index >= 15 is 0 Å². The highest BCUT2D eigenvalue weighted by Crippen LogP contribution is 2.32. The first-order valence-corrected chi connectivity index (χ1v) is 6.98. The highest BCUT2D eigenvalue weighted by atomic mass is 32.1. The molecule has 0 saturated heterocycles. The van der Waals surface area contributed by atoms with Crippen molar-refractivity contribution in [1.29, 1.82) is 0 Å². The Kier molecular flexibility index (Phi) is 4.24. The summed E-state index contributed by atoms with van der Waals surface area (Å²) in [6.07, 6.45) is 0. The summed E-state index contributed by atoms with van der Waals surface area (Å²) in [6.45, 7) is 4.08. The standard InChI is InChI=1S/C14H16N2O3S/c1-9-4-7-14(20-9)10(2)15-11-5-6-13(19-3)12(8-11)16(17)18/h4-8,10,15H,1-3H3. The minimum atomic E-state index is -0.441. The number of nitrogens with zero attached hydrogens (tertiary/aromatic N) is 1. The van der Waals surface area contributed by atoms with Crippen LogP contribution in [0, 0.1) is 17.0 Å². The van der Waals surface area contributed by atoms with E-state index in [2.05, 4.69) is 24.4 Å². The summed E-state index contributed by atoms with van der Waals surface area (Å²) in [5, 5.41) is 14.3. The van der Waals surface area contributed by atoms with Crippen molar-refractivity contribution in [2.45, 2.75) is 19.9 Å². The number of hydrogen-bond donors (Lipinski definition) is 1. The zero-order valence-electron chi connectivity index (χ0n) is 11.5. The second-order valence-corrected chi connectivity index (χ2v) is 5.78. The van der Waals surface area contributed by atoms with Crippen LogP contribution in [-0.4, -0.2) is 12.0 Å². The second kappa shape index (κ2) is 5.92. The molecule has 0 bridgehead atoms. The van der Waals surface area contributed by atoms with E-state index in [4.69, 9.17) is 4.74 Å². The predicted octanol–water partition coefficient (Wildman–Crippen LogP) is 4.15. The van der Waals surface area contributed by atoms with E-state index < -0.39 is 4.92 Å². The lowest BCUT2D eigenvalue weighted by Gasteiger charge is -2.14. The molecule has 0 aliphatic heterocycles. The quantitative estimate of drug-likeness (QED) is 0.664. The molecule has 0 aliphatic rings. The van der Waals surface area contributed by atoms with Gasteiger partial charge in [-0.25, -0.2) is 0 Å². The van der Waals surface area contributed by atoms with Crippen LogP contribution in [0.5, 0.6) is 5.75 Å². The maximum absolute atomic E-state index is 11.0. The van der Waals surface area contributed by atoms with Crippen molar-refractivity contribution in [2.24, 2.45) is 0 Å². The number of nitro groups is 1. The lowest BCUT2D eigenvalue weighted by Crippen LogP contribution is -2.05. The molecule has 5 nitrogen and oxygen atoms in total. The van der Waals surface area contributed by atoms with Gasteiger partial charge in [0.1, 0.15) is 0 Å². The van der Waals surface area contributed by atoms with E-state index in [1.165, 1.54) is 22.9 Å². The largest absolute Gasteiger partial charge is 0.490 e. The van der Waals surface area contributed by atoms with Gasteiger partial charge >= 0.3 is 5.69 Å². The number of aryl methyl sites for hydroxylation is 1. The zero-order chi connectivity index (χ0) is 14.7. The van der Waals surface area contributed by atoms with Gasteiger partial charge in [0.25, 0.3) is 0 Å². The number of anilines is 1. The van der Waals surface area contributed by atoms with Crippen LogP contribution in [0.2, 0.25) is 0 Å². The molecule has 0 saturated carbocycles. The topological polar surface area (TPSA) is 64.4 Å². The van der Waals surface area contributed by atoms with Crippen LogP contribution < -0.4 is 10.1 Å². The zero-order valence-corrected chi connectivity index (χ0v) is 12.4. The van der Waals surface area contributed by atoms with E-state index in [1.54, 1.807) is 23.5 Å². The highest BCUT2D eigenvalue weighted by Gasteiger charge is 2.16. The van der Waals surface area contributed by atoms with Crippen molar-refractivity contribution in [3.05, 3.63) is 50.2 Å². The number of nitrogens with one attached hydrogen (secondary N) is 1. The van der Waals surface area contributed by atoms with Crippen LogP contribution in [0.15, 0.2) is 30.3 Å². The fourth-order valence-electron chi connectivity index (χ4n) is 1.93. The fourth-order valence-corrected chi connectivity index (χ4v) is 2.81. The van der Waals surface area contributed by atoms with Crippen molar-refractivity contribution in [2.75, 3.05) is 12.4 Å². The summed E-state index contributed by atoms with van der Waals surface area (Å²) in [4.78, 5) is 13.0. The number of thiophene rings is 1. The summed E-state index contributed by atoms with van der Waals surface area (Å²) in [6, 6.07) is 9.11. The molecule has 6 heteroatoms. The van der Waals surface area contributed by atoms with Crippen LogP contribution >= 0.6 is 11.3 Å². The van der Waals surface area contributed by atoms with Gasteiger partial charge in [-0.3, -0.25) is 10.1 Å². The number of hydrogen-bond acceptors (Lipinski definition) is 5. The summed E-state index contributed by atoms with van der Waals surface area (Å²) in [5.74, 6) is 0.264. The van der Waals surface area contributed by atoms with Crippen LogP contribution in [0.1, 0.15) is 22.7 Å². The van der Waals surface area contributed by atoms with Gasteiger partial charge in [-0.05, 0) is 38.1 Å². The molecule has 0 fully saturated rings. The van der Waals surface area contributed by atoms with Gasteiger partial charge in [0, 0.05) is 21.5 Å². The maximum Gasteiger partial charge on any atom is 0.312 e. The first kappa shape index (κ1) is 14.3. The average molecular weight is 292 g/mol. The van der Waals surface area contributed by atoms with Crippen molar-refractivity contribution < 1.29 is 9.66 Å². The molecule has 1 heterocycles. The molecule has 1 N–H and O–H groups in total. The Balaban J connectivity index is 2.21. The third-order valence-corrected chi connectivity index (χ3v) is 4.13. The second-order valence-electron chi connectivity index (χ2n) is 4.46. The van der Waals surface area contributed by atoms with Crippen LogP contribution in [0.4, 0.5) is 11.4 Å². The van der Waals surface area contributed by atoms with E-state index in [0.29, 0.717) is 5.69 Å². The molecule has 1 unspecified atom stereocenters. The smallest absolute Gasteiger partial charge is 0.312 e. The van der Waals surface area contributed by atoms with Crippen LogP contribution in [-0.2, 0) is 0 Å². The third-order valence-electron chi connectivity index (χ3n) is 2.95. The molecule has 2 rings (SSSR count). The van der Waals surface area contributed by atoms with E-state index in [-0.39, 0.29) is 17.5 Å². The average Bonchev–Trinajstić information content (AvgIpc) is 2.85. The molecule has 106 valence electrons. The first-order chi connectivity index (χ1) is 9.51. The molecule has 1 atom stereocenters. The fraction of sp³-hybridized carbons (Fsp3) is 0.286. The first-order valence-electron chi connectivity index (χ1n) is 6.16. The van der Waals surface area contributed by atoms with Gasteiger partial charge in [0.05, 0.1) is 18.1 Å². The summed E-state index contributed by atoms with van der Waals surface area (Å²) >= 11 is 1.71. The van der Waals surface area contributed by atoms with Gasteiger partial charge in [-0.2, -0.15) is 0 Å². The minimum absolute atomic E-state index is 0.0351. The Bertz CT molecular complexity index is 625. The SMILES string of the molecule is COc1ccc(NC(C)c2ccc(C)s2)cc1[N+](=O)[O-]. The Morgan fingerprint density at radius 1 is 1.35 bits per heavy atom. The Morgan fingerprint density at radius 3 is 2.65 bits per heavy atom. The van der Waals surface area contributed by atoms with E-state index in [9.17, 15) is 10.1 Å². The number of benzene rings is 1. The predicted molar refractivity (Wildman–Crippen MR) is 80.7 cm³/mol. The summed E-state index contributed by atoms with van der Waals surface area (Å²) in [5.41, 5.74) is 0.670. The van der Waals surface area contributed by atoms with Gasteiger partial charge in [0.15, 0.2) is 5.75 Å². The van der Waals surface area contributed by atoms with Crippen molar-refractivity contribution in [3.63, 3.8) is 0 Å². The number of rotatable bonds is 5. The van der Waals surface area contributed by atoms with Crippen molar-refractivity contribution in [1.82, 2.24) is 0 Å². The molecule has 0 spiro atoms. The molecule has 0 radical (unpaired) electrons. The molecule has 0 amide bonds. The van der Waals surface area contributed by atoms with Gasteiger partial charge in [-0.15, -0.1) is 11.3 Å². The van der Waals surface area contributed by atoms with E-state index in [0.717, 1.165) is 0 Å². The third kappa shape index (κ3) is 3.08. The summed E-state index contributed by atoms with van der Waals surface area (Å²) < 4.78 is 4.99. The minimum Gasteiger partial charge on any atom is -0.490 e. The lowest BCUT2D eigenvalue weighted by atomic mass is 10.2. The highest BCUT2D eigenvalue weighted by molar-refractivity contribution is 7.12. The van der Waals surface area contributed by atoms with Crippen LogP contribution in [0.25, 0.3) is 0 Å². The Labute approximate surface area is 121 Å². The van der Waals surface area contributed by atoms with Crippen LogP contribution in [0.3, 0.4) is 0 Å². The monoisotopic (exact) mass is 292 g/mol. The molecule has 20 heavy (non-hydrogen) atoms. The lowest BCUT2D eigenvalue weighted by molar-refractivity contribution is -0.385. The molecular weight excluding hydrogens is 276 g/mol. The molecular formula is C14H16N2O3S. The Hall–Kier alpha value is -2.08. The summed E-state index contributed by atoms with van der Waals surface area (Å²) in [7, 11) is 1.42. The molecule has 2 aromatic rings. The molecule has 1 aromatic carbocycles. The molecule has 0 aliphatic carbocycles. The van der Waals surface area contributed by atoms with Crippen molar-refractivity contribution in [3.8, 4) is 5.75 Å². The van der Waals surface area contributed by atoms with E-state index in [1.807, 2.05) is 6.92 Å². The number of methoxy groups -OCH3 is 1. The maximum atomic E-state index is 11.0.